The summed E-state index contributed by atoms with van der Waals surface area (Å²) in [5.74, 6) is 0. The van der Waals surface area contributed by atoms with Crippen molar-refractivity contribution >= 4 is 11.3 Å². The van der Waals surface area contributed by atoms with Crippen molar-refractivity contribution < 1.29 is 5.11 Å². The summed E-state index contributed by atoms with van der Waals surface area (Å²) < 4.78 is 0. The maximum absolute atomic E-state index is 9.37. The Bertz CT molecular complexity index is 367. The lowest BCUT2D eigenvalue weighted by atomic mass is 10.0. The molecule has 19 heavy (non-hydrogen) atoms. The first kappa shape index (κ1) is 15.0. The van der Waals surface area contributed by atoms with Gasteiger partial charge in [0, 0.05) is 35.4 Å². The predicted octanol–water partition coefficient (Wildman–Crippen LogP) is 2.25. The van der Waals surface area contributed by atoms with Gasteiger partial charge >= 0.3 is 0 Å². The Balaban J connectivity index is 1.65. The fourth-order valence-electron chi connectivity index (χ4n) is 2.70. The van der Waals surface area contributed by atoms with Gasteiger partial charge in [-0.2, -0.15) is 0 Å². The van der Waals surface area contributed by atoms with Crippen LogP contribution in [0.4, 0.5) is 0 Å². The van der Waals surface area contributed by atoms with E-state index in [-0.39, 0.29) is 0 Å². The summed E-state index contributed by atoms with van der Waals surface area (Å²) in [4.78, 5) is 5.32. The van der Waals surface area contributed by atoms with Crippen LogP contribution in [0.5, 0.6) is 0 Å². The zero-order valence-electron chi connectivity index (χ0n) is 11.9. The topological polar surface area (TPSA) is 35.5 Å². The molecule has 1 fully saturated rings. The summed E-state index contributed by atoms with van der Waals surface area (Å²) in [6, 6.07) is 4.85. The molecule has 1 aromatic rings. The Kier molecular flexibility index (Phi) is 6.31. The van der Waals surface area contributed by atoms with E-state index in [2.05, 4.69) is 29.3 Å². The summed E-state index contributed by atoms with van der Waals surface area (Å²) in [6.45, 7) is 6.69. The van der Waals surface area contributed by atoms with Crippen molar-refractivity contribution in [2.24, 2.45) is 0 Å². The van der Waals surface area contributed by atoms with Gasteiger partial charge in [0.2, 0.25) is 0 Å². The molecule has 0 amide bonds. The van der Waals surface area contributed by atoms with Crippen LogP contribution in [0.25, 0.3) is 0 Å². The van der Waals surface area contributed by atoms with Crippen LogP contribution in [0.2, 0.25) is 0 Å². The number of likely N-dealkylation sites (tertiary alicyclic amines) is 1. The van der Waals surface area contributed by atoms with Crippen LogP contribution in [0.15, 0.2) is 12.1 Å². The molecule has 1 aromatic heterocycles. The standard InChI is InChI=1S/C15H26N2OS/c1-2-14-6-7-15(19-14)11-16-8-10-17-9-4-3-5-13(17)12-18/h6-7,13,16,18H,2-5,8-12H2,1H3. The zero-order chi connectivity index (χ0) is 13.5. The van der Waals surface area contributed by atoms with E-state index in [1.54, 1.807) is 0 Å². The summed E-state index contributed by atoms with van der Waals surface area (Å²) in [7, 11) is 0. The van der Waals surface area contributed by atoms with Crippen LogP contribution in [-0.2, 0) is 13.0 Å². The Labute approximate surface area is 120 Å². The van der Waals surface area contributed by atoms with Gasteiger partial charge in [-0.3, -0.25) is 4.90 Å². The lowest BCUT2D eigenvalue weighted by Gasteiger charge is -2.34. The second-order valence-corrected chi connectivity index (χ2v) is 6.52. The lowest BCUT2D eigenvalue weighted by Crippen LogP contribution is -2.44. The summed E-state index contributed by atoms with van der Waals surface area (Å²) in [6.07, 6.45) is 4.84. The molecule has 0 bridgehead atoms. The molecule has 1 atom stereocenters. The monoisotopic (exact) mass is 282 g/mol. The van der Waals surface area contributed by atoms with Gasteiger partial charge in [0.25, 0.3) is 0 Å². The smallest absolute Gasteiger partial charge is 0.0586 e. The van der Waals surface area contributed by atoms with Crippen LogP contribution in [-0.4, -0.2) is 42.3 Å². The Hall–Kier alpha value is -0.420. The van der Waals surface area contributed by atoms with Crippen molar-refractivity contribution in [1.82, 2.24) is 10.2 Å². The molecule has 0 saturated carbocycles. The average molecular weight is 282 g/mol. The zero-order valence-corrected chi connectivity index (χ0v) is 12.7. The third kappa shape index (κ3) is 4.56. The molecule has 1 aliphatic heterocycles. The number of hydrogen-bond donors (Lipinski definition) is 2. The maximum Gasteiger partial charge on any atom is 0.0586 e. The molecule has 1 saturated heterocycles. The highest BCUT2D eigenvalue weighted by Gasteiger charge is 2.20. The number of nitrogens with one attached hydrogen (secondary N) is 1. The second kappa shape index (κ2) is 8.00. The summed E-state index contributed by atoms with van der Waals surface area (Å²) >= 11 is 1.91. The van der Waals surface area contributed by atoms with Crippen LogP contribution < -0.4 is 5.32 Å². The third-order valence-corrected chi connectivity index (χ3v) is 5.13. The first-order valence-electron chi connectivity index (χ1n) is 7.46. The van der Waals surface area contributed by atoms with Crippen molar-refractivity contribution in [2.75, 3.05) is 26.2 Å². The van der Waals surface area contributed by atoms with Gasteiger partial charge in [0.15, 0.2) is 0 Å². The number of aliphatic hydroxyl groups excluding tert-OH is 1. The first-order chi connectivity index (χ1) is 9.33. The van der Waals surface area contributed by atoms with Crippen LogP contribution in [0.3, 0.4) is 0 Å². The fraction of sp³-hybridized carbons (Fsp3) is 0.733. The minimum Gasteiger partial charge on any atom is -0.395 e. The van der Waals surface area contributed by atoms with E-state index in [9.17, 15) is 5.11 Å². The largest absolute Gasteiger partial charge is 0.395 e. The highest BCUT2D eigenvalue weighted by Crippen LogP contribution is 2.17. The number of piperidine rings is 1. The van der Waals surface area contributed by atoms with E-state index in [4.69, 9.17) is 0 Å². The molecule has 2 rings (SSSR count). The fourth-order valence-corrected chi connectivity index (χ4v) is 3.63. The Morgan fingerprint density at radius 2 is 2.21 bits per heavy atom. The van der Waals surface area contributed by atoms with E-state index in [0.29, 0.717) is 12.6 Å². The number of thiophene rings is 1. The first-order valence-corrected chi connectivity index (χ1v) is 8.28. The van der Waals surface area contributed by atoms with E-state index in [0.717, 1.165) is 39.0 Å². The van der Waals surface area contributed by atoms with E-state index in [1.807, 2.05) is 11.3 Å². The number of aliphatic hydroxyl groups is 1. The normalized spacial score (nSPS) is 20.8. The summed E-state index contributed by atoms with van der Waals surface area (Å²) in [5.41, 5.74) is 0. The van der Waals surface area contributed by atoms with Gasteiger partial charge in [0.05, 0.1) is 6.61 Å². The van der Waals surface area contributed by atoms with Crippen LogP contribution >= 0.6 is 11.3 Å². The van der Waals surface area contributed by atoms with Crippen molar-refractivity contribution in [2.45, 2.75) is 45.2 Å². The Morgan fingerprint density at radius 3 is 2.95 bits per heavy atom. The molecule has 4 heteroatoms. The third-order valence-electron chi connectivity index (χ3n) is 3.90. The molecule has 0 aromatic carbocycles. The molecule has 0 aliphatic carbocycles. The van der Waals surface area contributed by atoms with Crippen LogP contribution in [0, 0.1) is 0 Å². The highest BCUT2D eigenvalue weighted by atomic mass is 32.1. The summed E-state index contributed by atoms with van der Waals surface area (Å²) in [5, 5.41) is 12.9. The molecule has 2 N–H and O–H groups in total. The molecule has 0 spiro atoms. The van der Waals surface area contributed by atoms with Crippen molar-refractivity contribution in [3.8, 4) is 0 Å². The predicted molar refractivity (Wildman–Crippen MR) is 81.7 cm³/mol. The molecule has 3 nitrogen and oxygen atoms in total. The molecule has 108 valence electrons. The molecular weight excluding hydrogens is 256 g/mol. The number of rotatable bonds is 7. The second-order valence-electron chi connectivity index (χ2n) is 5.27. The highest BCUT2D eigenvalue weighted by molar-refractivity contribution is 7.11. The quantitative estimate of drug-likeness (QED) is 0.753. The minimum absolute atomic E-state index is 0.310. The van der Waals surface area contributed by atoms with Crippen LogP contribution in [0.1, 0.15) is 35.9 Å². The van der Waals surface area contributed by atoms with Gasteiger partial charge in [-0.15, -0.1) is 11.3 Å². The van der Waals surface area contributed by atoms with Gasteiger partial charge in [-0.05, 0) is 37.9 Å². The van der Waals surface area contributed by atoms with Crippen molar-refractivity contribution in [3.05, 3.63) is 21.9 Å². The van der Waals surface area contributed by atoms with Gasteiger partial charge < -0.3 is 10.4 Å². The van der Waals surface area contributed by atoms with Gasteiger partial charge in [-0.25, -0.2) is 0 Å². The number of aryl methyl sites for hydroxylation is 1. The molecular formula is C15H26N2OS. The molecule has 1 unspecified atom stereocenters. The molecule has 1 aliphatic rings. The van der Waals surface area contributed by atoms with Gasteiger partial charge in [0.1, 0.15) is 0 Å². The van der Waals surface area contributed by atoms with Crippen molar-refractivity contribution in [3.63, 3.8) is 0 Å². The number of hydrogen-bond acceptors (Lipinski definition) is 4. The van der Waals surface area contributed by atoms with E-state index < -0.39 is 0 Å². The minimum atomic E-state index is 0.310. The van der Waals surface area contributed by atoms with Gasteiger partial charge in [-0.1, -0.05) is 13.3 Å². The molecule has 0 radical (unpaired) electrons. The Morgan fingerprint density at radius 1 is 1.37 bits per heavy atom. The average Bonchev–Trinajstić information content (AvgIpc) is 2.92. The molecule has 2 heterocycles. The van der Waals surface area contributed by atoms with E-state index >= 15 is 0 Å². The van der Waals surface area contributed by atoms with Crippen molar-refractivity contribution in [1.29, 1.82) is 0 Å². The van der Waals surface area contributed by atoms with E-state index in [1.165, 1.54) is 22.6 Å². The number of nitrogens with zero attached hydrogens (tertiary/aromatic N) is 1. The lowest BCUT2D eigenvalue weighted by molar-refractivity contribution is 0.0910. The SMILES string of the molecule is CCc1ccc(CNCCN2CCCCC2CO)s1. The maximum atomic E-state index is 9.37.